The van der Waals surface area contributed by atoms with Crippen LogP contribution in [0.15, 0.2) is 18.2 Å². The van der Waals surface area contributed by atoms with Gasteiger partial charge in [0.1, 0.15) is 0 Å². The highest BCUT2D eigenvalue weighted by Gasteiger charge is 2.33. The predicted molar refractivity (Wildman–Crippen MR) is 85.6 cm³/mol. The fourth-order valence-corrected chi connectivity index (χ4v) is 4.13. The molecule has 1 aliphatic heterocycles. The Morgan fingerprint density at radius 2 is 1.80 bits per heavy atom. The lowest BCUT2D eigenvalue weighted by atomic mass is 9.89. The van der Waals surface area contributed by atoms with Crippen LogP contribution < -0.4 is 5.32 Å². The maximum Gasteiger partial charge on any atom is 0.0455 e. The van der Waals surface area contributed by atoms with Crippen molar-refractivity contribution in [3.05, 3.63) is 33.8 Å². The van der Waals surface area contributed by atoms with E-state index in [-0.39, 0.29) is 0 Å². The molecule has 1 aliphatic carbocycles. The Balaban J connectivity index is 1.92. The minimum Gasteiger partial charge on any atom is -0.314 e. The topological polar surface area (TPSA) is 15.3 Å². The molecule has 3 rings (SSSR count). The van der Waals surface area contributed by atoms with E-state index >= 15 is 0 Å². The molecule has 1 saturated heterocycles. The zero-order valence-electron chi connectivity index (χ0n) is 11.7. The van der Waals surface area contributed by atoms with Crippen molar-refractivity contribution in [1.29, 1.82) is 0 Å². The first-order valence-electron chi connectivity index (χ1n) is 7.65. The van der Waals surface area contributed by atoms with E-state index in [4.69, 9.17) is 23.2 Å². The fraction of sp³-hybridized carbons (Fsp3) is 0.625. The molecule has 0 aromatic heterocycles. The van der Waals surface area contributed by atoms with Crippen molar-refractivity contribution in [2.45, 2.75) is 31.7 Å². The highest BCUT2D eigenvalue weighted by atomic mass is 35.5. The summed E-state index contributed by atoms with van der Waals surface area (Å²) in [5.74, 6) is 0.726. The molecule has 110 valence electrons. The molecule has 0 radical (unpaired) electrons. The standard InChI is InChI=1S/C16H22Cl2N2/c17-13-5-6-15(18)14(11-13)16(12-3-1-2-4-12)20-9-7-19-8-10-20/h5-6,11-12,16,19H,1-4,7-10H2/t16-/m1/s1. The number of nitrogens with one attached hydrogen (secondary N) is 1. The summed E-state index contributed by atoms with van der Waals surface area (Å²) in [7, 11) is 0. The Bertz CT molecular complexity index is 452. The zero-order chi connectivity index (χ0) is 13.9. The van der Waals surface area contributed by atoms with Crippen LogP contribution in [0.2, 0.25) is 10.0 Å². The van der Waals surface area contributed by atoms with Crippen LogP contribution in [0.3, 0.4) is 0 Å². The third-order valence-corrected chi connectivity index (χ3v) is 5.25. The Hall–Kier alpha value is -0.280. The predicted octanol–water partition coefficient (Wildman–Crippen LogP) is 4.13. The molecule has 1 N–H and O–H groups in total. The lowest BCUT2D eigenvalue weighted by Crippen LogP contribution is -2.46. The van der Waals surface area contributed by atoms with Crippen molar-refractivity contribution in [3.8, 4) is 0 Å². The molecule has 2 aliphatic rings. The number of hydrogen-bond acceptors (Lipinski definition) is 2. The molecule has 0 unspecified atom stereocenters. The maximum absolute atomic E-state index is 6.49. The molecule has 1 aromatic carbocycles. The van der Waals surface area contributed by atoms with Gasteiger partial charge in [-0.15, -0.1) is 0 Å². The molecular formula is C16H22Cl2N2. The summed E-state index contributed by atoms with van der Waals surface area (Å²) in [4.78, 5) is 2.60. The van der Waals surface area contributed by atoms with Crippen LogP contribution in [0.25, 0.3) is 0 Å². The van der Waals surface area contributed by atoms with E-state index in [2.05, 4.69) is 16.3 Å². The van der Waals surface area contributed by atoms with E-state index in [9.17, 15) is 0 Å². The average Bonchev–Trinajstić information content (AvgIpc) is 2.98. The molecule has 20 heavy (non-hydrogen) atoms. The summed E-state index contributed by atoms with van der Waals surface area (Å²) in [5, 5.41) is 5.10. The van der Waals surface area contributed by atoms with Gasteiger partial charge in [0, 0.05) is 42.3 Å². The summed E-state index contributed by atoms with van der Waals surface area (Å²) < 4.78 is 0. The fourth-order valence-electron chi connectivity index (χ4n) is 3.72. The highest BCUT2D eigenvalue weighted by molar-refractivity contribution is 6.33. The molecule has 1 atom stereocenters. The molecule has 0 amide bonds. The Labute approximate surface area is 131 Å². The molecule has 1 aromatic rings. The van der Waals surface area contributed by atoms with E-state index in [0.717, 1.165) is 42.1 Å². The number of halogens is 2. The van der Waals surface area contributed by atoms with Crippen molar-refractivity contribution in [3.63, 3.8) is 0 Å². The molecule has 4 heteroatoms. The number of piperazine rings is 1. The van der Waals surface area contributed by atoms with Gasteiger partial charge in [-0.25, -0.2) is 0 Å². The molecule has 2 nitrogen and oxygen atoms in total. The minimum absolute atomic E-state index is 0.436. The second kappa shape index (κ2) is 6.65. The number of benzene rings is 1. The van der Waals surface area contributed by atoms with E-state index < -0.39 is 0 Å². The third kappa shape index (κ3) is 3.14. The normalized spacial score (nSPS) is 23.1. The van der Waals surface area contributed by atoms with Crippen molar-refractivity contribution in [2.24, 2.45) is 5.92 Å². The quantitative estimate of drug-likeness (QED) is 0.902. The first kappa shape index (κ1) is 14.6. The van der Waals surface area contributed by atoms with Gasteiger partial charge in [0.25, 0.3) is 0 Å². The Kier molecular flexibility index (Phi) is 4.87. The van der Waals surface area contributed by atoms with E-state index in [1.54, 1.807) is 0 Å². The Morgan fingerprint density at radius 1 is 1.10 bits per heavy atom. The van der Waals surface area contributed by atoms with Crippen LogP contribution in [-0.2, 0) is 0 Å². The van der Waals surface area contributed by atoms with Gasteiger partial charge in [-0.2, -0.15) is 0 Å². The van der Waals surface area contributed by atoms with Gasteiger partial charge < -0.3 is 5.32 Å². The largest absolute Gasteiger partial charge is 0.314 e. The van der Waals surface area contributed by atoms with Gasteiger partial charge in [-0.05, 0) is 42.5 Å². The zero-order valence-corrected chi connectivity index (χ0v) is 13.3. The van der Waals surface area contributed by atoms with Crippen molar-refractivity contribution >= 4 is 23.2 Å². The lowest BCUT2D eigenvalue weighted by Gasteiger charge is -2.39. The van der Waals surface area contributed by atoms with Crippen LogP contribution >= 0.6 is 23.2 Å². The minimum atomic E-state index is 0.436. The van der Waals surface area contributed by atoms with Gasteiger partial charge in [-0.1, -0.05) is 36.0 Å². The first-order valence-corrected chi connectivity index (χ1v) is 8.41. The second-order valence-corrected chi connectivity index (χ2v) is 6.78. The molecule has 1 heterocycles. The van der Waals surface area contributed by atoms with Crippen molar-refractivity contribution in [1.82, 2.24) is 10.2 Å². The average molecular weight is 313 g/mol. The SMILES string of the molecule is Clc1ccc(Cl)c([C@@H](C2CCCC2)N2CCNCC2)c1. The van der Waals surface area contributed by atoms with Gasteiger partial charge in [-0.3, -0.25) is 4.90 Å². The van der Waals surface area contributed by atoms with Gasteiger partial charge in [0.05, 0.1) is 0 Å². The smallest absolute Gasteiger partial charge is 0.0455 e. The van der Waals surface area contributed by atoms with E-state index in [1.165, 1.54) is 31.2 Å². The van der Waals surface area contributed by atoms with E-state index in [1.807, 2.05) is 12.1 Å². The monoisotopic (exact) mass is 312 g/mol. The first-order chi connectivity index (χ1) is 9.75. The second-order valence-electron chi connectivity index (χ2n) is 5.94. The van der Waals surface area contributed by atoms with Gasteiger partial charge >= 0.3 is 0 Å². The van der Waals surface area contributed by atoms with E-state index in [0.29, 0.717) is 6.04 Å². The maximum atomic E-state index is 6.49. The van der Waals surface area contributed by atoms with Gasteiger partial charge in [0.15, 0.2) is 0 Å². The number of nitrogens with zero attached hydrogens (tertiary/aromatic N) is 1. The van der Waals surface area contributed by atoms with Crippen molar-refractivity contribution in [2.75, 3.05) is 26.2 Å². The number of hydrogen-bond donors (Lipinski definition) is 1. The molecule has 0 bridgehead atoms. The lowest BCUT2D eigenvalue weighted by molar-refractivity contribution is 0.125. The number of rotatable bonds is 3. The third-order valence-electron chi connectivity index (χ3n) is 4.67. The van der Waals surface area contributed by atoms with Crippen LogP contribution in [0.4, 0.5) is 0 Å². The summed E-state index contributed by atoms with van der Waals surface area (Å²) >= 11 is 12.7. The summed E-state index contributed by atoms with van der Waals surface area (Å²) in [6.45, 7) is 4.34. The Morgan fingerprint density at radius 3 is 2.50 bits per heavy atom. The molecule has 2 fully saturated rings. The molecule has 1 saturated carbocycles. The van der Waals surface area contributed by atoms with Crippen LogP contribution in [0.5, 0.6) is 0 Å². The van der Waals surface area contributed by atoms with Crippen LogP contribution in [0.1, 0.15) is 37.3 Å². The highest BCUT2D eigenvalue weighted by Crippen LogP contribution is 2.42. The van der Waals surface area contributed by atoms with Gasteiger partial charge in [0.2, 0.25) is 0 Å². The summed E-state index contributed by atoms with van der Waals surface area (Å²) in [6.07, 6.45) is 5.34. The summed E-state index contributed by atoms with van der Waals surface area (Å²) in [5.41, 5.74) is 1.23. The molecular weight excluding hydrogens is 291 g/mol. The summed E-state index contributed by atoms with van der Waals surface area (Å²) in [6, 6.07) is 6.35. The van der Waals surface area contributed by atoms with Crippen LogP contribution in [-0.4, -0.2) is 31.1 Å². The van der Waals surface area contributed by atoms with Crippen molar-refractivity contribution < 1.29 is 0 Å². The molecule has 0 spiro atoms. The van der Waals surface area contributed by atoms with Crippen LogP contribution in [0, 0.1) is 5.92 Å².